The third-order valence-electron chi connectivity index (χ3n) is 2.92. The number of benzene rings is 1. The molecule has 1 aliphatic heterocycles. The van der Waals surface area contributed by atoms with Gasteiger partial charge in [-0.05, 0) is 31.0 Å². The Kier molecular flexibility index (Phi) is 4.08. The predicted molar refractivity (Wildman–Crippen MR) is 61.8 cm³/mol. The highest BCUT2D eigenvalue weighted by atomic mass is 19.1. The van der Waals surface area contributed by atoms with Crippen LogP contribution in [0.2, 0.25) is 0 Å². The molecular weight excluding hydrogens is 219 g/mol. The van der Waals surface area contributed by atoms with E-state index in [1.165, 1.54) is 12.1 Å². The van der Waals surface area contributed by atoms with Crippen LogP contribution in [-0.4, -0.2) is 19.3 Å². The fourth-order valence-electron chi connectivity index (χ4n) is 1.94. The molecule has 0 aromatic heterocycles. The Morgan fingerprint density at radius 1 is 1.53 bits per heavy atom. The van der Waals surface area contributed by atoms with E-state index in [9.17, 15) is 4.39 Å². The van der Waals surface area contributed by atoms with Crippen molar-refractivity contribution in [3.63, 3.8) is 0 Å². The predicted octanol–water partition coefficient (Wildman–Crippen LogP) is 1.97. The topological polar surface area (TPSA) is 45.0 Å². The van der Waals surface area contributed by atoms with Crippen LogP contribution in [0.5, 0.6) is 0 Å². The number of hydrogen-bond acceptors (Lipinski definition) is 3. The summed E-state index contributed by atoms with van der Waals surface area (Å²) < 4.78 is 18.8. The van der Waals surface area contributed by atoms with Crippen LogP contribution < -0.4 is 5.32 Å². The molecule has 2 rings (SSSR count). The monoisotopic (exact) mass is 234 g/mol. The summed E-state index contributed by atoms with van der Waals surface area (Å²) in [6.07, 6.45) is 2.10. The molecule has 0 spiro atoms. The second-order valence-corrected chi connectivity index (χ2v) is 4.21. The highest BCUT2D eigenvalue weighted by Gasteiger charge is 2.13. The number of rotatable bonds is 3. The van der Waals surface area contributed by atoms with E-state index in [1.54, 1.807) is 6.07 Å². The molecule has 3 nitrogen and oxygen atoms in total. The first-order valence-electron chi connectivity index (χ1n) is 5.79. The van der Waals surface area contributed by atoms with Crippen molar-refractivity contribution in [1.29, 1.82) is 5.26 Å². The molecular formula is C13H15FN2O. The lowest BCUT2D eigenvalue weighted by Gasteiger charge is -2.23. The van der Waals surface area contributed by atoms with Crippen LogP contribution in [0.1, 0.15) is 24.0 Å². The molecule has 17 heavy (non-hydrogen) atoms. The molecule has 1 aromatic carbocycles. The van der Waals surface area contributed by atoms with Gasteiger partial charge in [-0.15, -0.1) is 0 Å². The fourth-order valence-corrected chi connectivity index (χ4v) is 1.94. The minimum absolute atomic E-state index is 0.270. The Labute approximate surface area is 100 Å². The number of halogens is 1. The Morgan fingerprint density at radius 3 is 3.12 bits per heavy atom. The lowest BCUT2D eigenvalue weighted by atomic mass is 10.1. The van der Waals surface area contributed by atoms with Crippen molar-refractivity contribution in [2.45, 2.75) is 25.4 Å². The van der Waals surface area contributed by atoms with Gasteiger partial charge in [-0.25, -0.2) is 4.39 Å². The molecule has 0 saturated carbocycles. The lowest BCUT2D eigenvalue weighted by molar-refractivity contribution is 0.0698. The maximum absolute atomic E-state index is 13.5. The summed E-state index contributed by atoms with van der Waals surface area (Å²) in [5, 5.41) is 12.0. The van der Waals surface area contributed by atoms with E-state index in [1.807, 2.05) is 6.07 Å². The highest BCUT2D eigenvalue weighted by Crippen LogP contribution is 2.12. The normalized spacial score (nSPS) is 19.9. The van der Waals surface area contributed by atoms with Gasteiger partial charge in [-0.2, -0.15) is 5.26 Å². The van der Waals surface area contributed by atoms with E-state index in [-0.39, 0.29) is 11.9 Å². The van der Waals surface area contributed by atoms with E-state index in [4.69, 9.17) is 10.00 Å². The van der Waals surface area contributed by atoms with Gasteiger partial charge in [-0.1, -0.05) is 0 Å². The summed E-state index contributed by atoms with van der Waals surface area (Å²) in [7, 11) is 0. The Bertz CT molecular complexity index is 422. The highest BCUT2D eigenvalue weighted by molar-refractivity contribution is 5.33. The van der Waals surface area contributed by atoms with Crippen molar-refractivity contribution in [3.05, 3.63) is 35.1 Å². The Balaban J connectivity index is 1.95. The molecule has 1 saturated heterocycles. The molecule has 1 unspecified atom stereocenters. The zero-order chi connectivity index (χ0) is 12.1. The summed E-state index contributed by atoms with van der Waals surface area (Å²) in [5.74, 6) is -0.270. The second-order valence-electron chi connectivity index (χ2n) is 4.21. The van der Waals surface area contributed by atoms with Crippen LogP contribution >= 0.6 is 0 Å². The minimum Gasteiger partial charge on any atom is -0.380 e. The molecule has 1 N–H and O–H groups in total. The van der Waals surface area contributed by atoms with Gasteiger partial charge in [0.2, 0.25) is 0 Å². The van der Waals surface area contributed by atoms with Gasteiger partial charge in [0.25, 0.3) is 0 Å². The first kappa shape index (κ1) is 12.0. The van der Waals surface area contributed by atoms with Crippen molar-refractivity contribution in [2.75, 3.05) is 13.2 Å². The smallest absolute Gasteiger partial charge is 0.127 e. The zero-order valence-electron chi connectivity index (χ0n) is 9.58. The molecule has 0 aliphatic carbocycles. The first-order chi connectivity index (χ1) is 8.29. The summed E-state index contributed by atoms with van der Waals surface area (Å²) in [6, 6.07) is 6.72. The lowest BCUT2D eigenvalue weighted by Crippen LogP contribution is -2.36. The molecule has 1 fully saturated rings. The third kappa shape index (κ3) is 3.26. The molecule has 90 valence electrons. The molecule has 0 radical (unpaired) electrons. The number of nitriles is 1. The van der Waals surface area contributed by atoms with Crippen LogP contribution in [0.25, 0.3) is 0 Å². The summed E-state index contributed by atoms with van der Waals surface area (Å²) in [5.41, 5.74) is 1.03. The molecule has 1 atom stereocenters. The van der Waals surface area contributed by atoms with E-state index >= 15 is 0 Å². The van der Waals surface area contributed by atoms with Gasteiger partial charge in [-0.3, -0.25) is 0 Å². The van der Waals surface area contributed by atoms with Crippen molar-refractivity contribution < 1.29 is 9.13 Å². The molecule has 1 aliphatic rings. The SMILES string of the molecule is N#Cc1ccc(F)c(CNC2CCCOC2)c1. The average Bonchev–Trinajstić information content (AvgIpc) is 2.39. The maximum Gasteiger partial charge on any atom is 0.127 e. The Morgan fingerprint density at radius 2 is 2.41 bits per heavy atom. The number of hydrogen-bond donors (Lipinski definition) is 1. The van der Waals surface area contributed by atoms with Gasteiger partial charge in [0.15, 0.2) is 0 Å². The fraction of sp³-hybridized carbons (Fsp3) is 0.462. The van der Waals surface area contributed by atoms with Gasteiger partial charge >= 0.3 is 0 Å². The van der Waals surface area contributed by atoms with E-state index in [0.717, 1.165) is 19.4 Å². The number of nitrogens with one attached hydrogen (secondary N) is 1. The Hall–Kier alpha value is -1.44. The van der Waals surface area contributed by atoms with Gasteiger partial charge in [0, 0.05) is 24.8 Å². The summed E-state index contributed by atoms with van der Waals surface area (Å²) >= 11 is 0. The number of nitrogens with zero attached hydrogens (tertiary/aromatic N) is 1. The summed E-state index contributed by atoms with van der Waals surface area (Å²) in [4.78, 5) is 0. The quantitative estimate of drug-likeness (QED) is 0.869. The standard InChI is InChI=1S/C13H15FN2O/c14-13-4-3-10(7-15)6-11(13)8-16-12-2-1-5-17-9-12/h3-4,6,12,16H,1-2,5,8-9H2. The van der Waals surface area contributed by atoms with Gasteiger partial charge < -0.3 is 10.1 Å². The van der Waals surface area contributed by atoms with Crippen LogP contribution in [0.4, 0.5) is 4.39 Å². The van der Waals surface area contributed by atoms with Crippen molar-refractivity contribution in [2.24, 2.45) is 0 Å². The first-order valence-corrected chi connectivity index (χ1v) is 5.79. The second kappa shape index (κ2) is 5.76. The van der Waals surface area contributed by atoms with Crippen molar-refractivity contribution in [1.82, 2.24) is 5.32 Å². The van der Waals surface area contributed by atoms with Gasteiger partial charge in [0.05, 0.1) is 18.2 Å². The van der Waals surface area contributed by atoms with Crippen LogP contribution in [-0.2, 0) is 11.3 Å². The minimum atomic E-state index is -0.270. The van der Waals surface area contributed by atoms with E-state index in [0.29, 0.717) is 24.3 Å². The van der Waals surface area contributed by atoms with E-state index in [2.05, 4.69) is 5.32 Å². The maximum atomic E-state index is 13.5. The van der Waals surface area contributed by atoms with Crippen molar-refractivity contribution in [3.8, 4) is 6.07 Å². The van der Waals surface area contributed by atoms with Crippen LogP contribution in [0.15, 0.2) is 18.2 Å². The molecule has 0 bridgehead atoms. The third-order valence-corrected chi connectivity index (χ3v) is 2.92. The van der Waals surface area contributed by atoms with Crippen LogP contribution in [0.3, 0.4) is 0 Å². The number of ether oxygens (including phenoxy) is 1. The molecule has 0 amide bonds. The zero-order valence-corrected chi connectivity index (χ0v) is 9.58. The average molecular weight is 234 g/mol. The molecule has 1 aromatic rings. The van der Waals surface area contributed by atoms with Crippen LogP contribution in [0, 0.1) is 17.1 Å². The van der Waals surface area contributed by atoms with Gasteiger partial charge in [0.1, 0.15) is 5.82 Å². The largest absolute Gasteiger partial charge is 0.380 e. The summed E-state index contributed by atoms with van der Waals surface area (Å²) in [6.45, 7) is 1.94. The molecule has 4 heteroatoms. The van der Waals surface area contributed by atoms with E-state index < -0.39 is 0 Å². The van der Waals surface area contributed by atoms with Crippen molar-refractivity contribution >= 4 is 0 Å². The molecule has 1 heterocycles.